The molecule has 78 heavy (non-hydrogen) atoms. The molecule has 0 amide bonds. The largest absolute Gasteiger partial charge is 0.462 e. The number of allylic oxidation sites excluding steroid dienone is 16. The first-order valence-electron chi connectivity index (χ1n) is 33.2. The van der Waals surface area contributed by atoms with Crippen molar-refractivity contribution in [1.29, 1.82) is 0 Å². The van der Waals surface area contributed by atoms with E-state index in [2.05, 4.69) is 118 Å². The molecular formula is C72H124O6. The summed E-state index contributed by atoms with van der Waals surface area (Å²) < 4.78 is 17.0. The van der Waals surface area contributed by atoms with E-state index in [0.717, 1.165) is 116 Å². The van der Waals surface area contributed by atoms with Crippen LogP contribution in [0, 0.1) is 0 Å². The summed E-state index contributed by atoms with van der Waals surface area (Å²) in [4.78, 5) is 38.4. The highest BCUT2D eigenvalue weighted by molar-refractivity contribution is 5.71. The second-order valence-corrected chi connectivity index (χ2v) is 22.0. The summed E-state index contributed by atoms with van der Waals surface area (Å²) in [6.07, 6.45) is 88.4. The standard InChI is InChI=1S/C72H124O6/c1-4-7-10-13-16-19-22-25-28-31-32-33-34-35-36-37-38-39-40-42-44-47-50-53-56-59-62-65-71(74)77-68-69(67-76-70(73)64-61-58-55-52-49-46-43-30-27-24-21-18-15-12-9-6-3)78-72(75)66-63-60-57-54-51-48-45-41-29-26-23-20-17-14-11-8-5-2/h7-8,10-11,16-17,19-20,25-26,28-29,32-33,35-36,69H,4-6,9,12-15,18,21-24,27,30-31,34,37-68H2,1-3H3/b10-7-,11-8-,19-16-,20-17-,28-25-,29-26-,33-32-,36-35-. The summed E-state index contributed by atoms with van der Waals surface area (Å²) in [6, 6.07) is 0. The predicted octanol–water partition coefficient (Wildman–Crippen LogP) is 22.8. The number of rotatable bonds is 60. The first-order valence-corrected chi connectivity index (χ1v) is 33.2. The second kappa shape index (κ2) is 65.8. The van der Waals surface area contributed by atoms with Crippen LogP contribution in [0.3, 0.4) is 0 Å². The van der Waals surface area contributed by atoms with E-state index in [1.807, 2.05) is 0 Å². The lowest BCUT2D eigenvalue weighted by Gasteiger charge is -2.18. The molecule has 0 heterocycles. The fourth-order valence-corrected chi connectivity index (χ4v) is 9.43. The molecule has 0 N–H and O–H groups in total. The summed E-state index contributed by atoms with van der Waals surface area (Å²) in [5.74, 6) is -0.878. The van der Waals surface area contributed by atoms with E-state index in [-0.39, 0.29) is 31.1 Å². The third-order valence-electron chi connectivity index (χ3n) is 14.3. The van der Waals surface area contributed by atoms with Crippen LogP contribution < -0.4 is 0 Å². The molecule has 0 bridgehead atoms. The normalized spacial score (nSPS) is 12.7. The van der Waals surface area contributed by atoms with Gasteiger partial charge in [-0.1, -0.05) is 304 Å². The Hall–Kier alpha value is -3.67. The third kappa shape index (κ3) is 63.2. The minimum atomic E-state index is -0.784. The van der Waals surface area contributed by atoms with E-state index in [4.69, 9.17) is 14.2 Å². The molecule has 0 aliphatic heterocycles. The Kier molecular flexibility index (Phi) is 62.7. The van der Waals surface area contributed by atoms with Gasteiger partial charge in [0.2, 0.25) is 0 Å². The lowest BCUT2D eigenvalue weighted by Crippen LogP contribution is -2.30. The fourth-order valence-electron chi connectivity index (χ4n) is 9.43. The molecular weight excluding hydrogens is 961 g/mol. The molecule has 0 rings (SSSR count). The van der Waals surface area contributed by atoms with Gasteiger partial charge in [-0.15, -0.1) is 0 Å². The van der Waals surface area contributed by atoms with Gasteiger partial charge >= 0.3 is 17.9 Å². The number of hydrogen-bond acceptors (Lipinski definition) is 6. The molecule has 6 nitrogen and oxygen atoms in total. The van der Waals surface area contributed by atoms with Crippen molar-refractivity contribution in [2.75, 3.05) is 13.2 Å². The highest BCUT2D eigenvalue weighted by Gasteiger charge is 2.19. The molecule has 1 atom stereocenters. The molecule has 0 aliphatic carbocycles. The van der Waals surface area contributed by atoms with E-state index in [0.29, 0.717) is 19.3 Å². The van der Waals surface area contributed by atoms with Gasteiger partial charge in [-0.3, -0.25) is 14.4 Å². The molecule has 0 aromatic heterocycles. The quantitative estimate of drug-likeness (QED) is 0.0261. The maximum Gasteiger partial charge on any atom is 0.306 e. The third-order valence-corrected chi connectivity index (χ3v) is 14.3. The van der Waals surface area contributed by atoms with E-state index in [1.165, 1.54) is 167 Å². The van der Waals surface area contributed by atoms with Crippen LogP contribution in [0.15, 0.2) is 97.2 Å². The number of carbonyl (C=O) groups is 3. The van der Waals surface area contributed by atoms with Crippen molar-refractivity contribution in [2.45, 2.75) is 329 Å². The molecule has 0 saturated heterocycles. The van der Waals surface area contributed by atoms with Crippen molar-refractivity contribution in [1.82, 2.24) is 0 Å². The highest BCUT2D eigenvalue weighted by Crippen LogP contribution is 2.17. The van der Waals surface area contributed by atoms with Crippen LogP contribution in [0.4, 0.5) is 0 Å². The minimum absolute atomic E-state index is 0.0790. The Bertz CT molecular complexity index is 1530. The Morgan fingerprint density at radius 2 is 0.500 bits per heavy atom. The molecule has 0 spiro atoms. The van der Waals surface area contributed by atoms with Gasteiger partial charge in [-0.25, -0.2) is 0 Å². The maximum absolute atomic E-state index is 12.9. The lowest BCUT2D eigenvalue weighted by molar-refractivity contribution is -0.167. The summed E-state index contributed by atoms with van der Waals surface area (Å²) in [7, 11) is 0. The smallest absolute Gasteiger partial charge is 0.306 e. The molecule has 0 radical (unpaired) electrons. The van der Waals surface area contributed by atoms with Gasteiger partial charge < -0.3 is 14.2 Å². The molecule has 6 heteroatoms. The van der Waals surface area contributed by atoms with Gasteiger partial charge in [0.1, 0.15) is 13.2 Å². The van der Waals surface area contributed by atoms with E-state index >= 15 is 0 Å². The van der Waals surface area contributed by atoms with Crippen molar-refractivity contribution in [3.8, 4) is 0 Å². The van der Waals surface area contributed by atoms with Crippen molar-refractivity contribution in [3.05, 3.63) is 97.2 Å². The molecule has 1 unspecified atom stereocenters. The van der Waals surface area contributed by atoms with E-state index < -0.39 is 6.10 Å². The zero-order chi connectivity index (χ0) is 56.4. The Morgan fingerprint density at radius 3 is 0.782 bits per heavy atom. The summed E-state index contributed by atoms with van der Waals surface area (Å²) in [5, 5.41) is 0. The van der Waals surface area contributed by atoms with Crippen LogP contribution in [-0.2, 0) is 28.6 Å². The van der Waals surface area contributed by atoms with Gasteiger partial charge in [0.15, 0.2) is 6.10 Å². The maximum atomic E-state index is 12.9. The van der Waals surface area contributed by atoms with Gasteiger partial charge in [0.05, 0.1) is 0 Å². The second-order valence-electron chi connectivity index (χ2n) is 22.0. The number of ether oxygens (including phenoxy) is 3. The number of carbonyl (C=O) groups excluding carboxylic acids is 3. The Morgan fingerprint density at radius 1 is 0.269 bits per heavy atom. The molecule has 0 aliphatic rings. The fraction of sp³-hybridized carbons (Fsp3) is 0.736. The molecule has 448 valence electrons. The van der Waals surface area contributed by atoms with E-state index in [1.54, 1.807) is 0 Å². The van der Waals surface area contributed by atoms with Gasteiger partial charge in [0, 0.05) is 19.3 Å². The molecule has 0 aromatic rings. The Balaban J connectivity index is 4.32. The minimum Gasteiger partial charge on any atom is -0.462 e. The first kappa shape index (κ1) is 74.3. The molecule has 0 aromatic carbocycles. The topological polar surface area (TPSA) is 78.9 Å². The van der Waals surface area contributed by atoms with Gasteiger partial charge in [-0.2, -0.15) is 0 Å². The van der Waals surface area contributed by atoms with Crippen LogP contribution in [-0.4, -0.2) is 37.2 Å². The number of esters is 3. The van der Waals surface area contributed by atoms with Crippen molar-refractivity contribution >= 4 is 17.9 Å². The van der Waals surface area contributed by atoms with Crippen LogP contribution in [0.25, 0.3) is 0 Å². The lowest BCUT2D eigenvalue weighted by atomic mass is 10.0. The molecule has 0 fully saturated rings. The van der Waals surface area contributed by atoms with Crippen molar-refractivity contribution < 1.29 is 28.6 Å². The zero-order valence-corrected chi connectivity index (χ0v) is 51.4. The van der Waals surface area contributed by atoms with Gasteiger partial charge in [0.25, 0.3) is 0 Å². The Labute approximate surface area is 483 Å². The average Bonchev–Trinajstić information content (AvgIpc) is 3.44. The van der Waals surface area contributed by atoms with Crippen LogP contribution in [0.2, 0.25) is 0 Å². The monoisotopic (exact) mass is 1080 g/mol. The molecule has 0 saturated carbocycles. The van der Waals surface area contributed by atoms with Crippen LogP contribution in [0.5, 0.6) is 0 Å². The summed E-state index contributed by atoms with van der Waals surface area (Å²) >= 11 is 0. The van der Waals surface area contributed by atoms with Crippen molar-refractivity contribution in [3.63, 3.8) is 0 Å². The average molecular weight is 1090 g/mol. The highest BCUT2D eigenvalue weighted by atomic mass is 16.6. The zero-order valence-electron chi connectivity index (χ0n) is 51.4. The van der Waals surface area contributed by atoms with Crippen molar-refractivity contribution in [2.24, 2.45) is 0 Å². The summed E-state index contributed by atoms with van der Waals surface area (Å²) in [5.41, 5.74) is 0. The van der Waals surface area contributed by atoms with Crippen LogP contribution >= 0.6 is 0 Å². The van der Waals surface area contributed by atoms with Crippen LogP contribution in [0.1, 0.15) is 323 Å². The first-order chi connectivity index (χ1) is 38.5. The number of unbranched alkanes of at least 4 members (excludes halogenated alkanes) is 33. The van der Waals surface area contributed by atoms with E-state index in [9.17, 15) is 14.4 Å². The predicted molar refractivity (Wildman–Crippen MR) is 339 cm³/mol. The van der Waals surface area contributed by atoms with Gasteiger partial charge in [-0.05, 0) is 96.3 Å². The number of hydrogen-bond donors (Lipinski definition) is 0. The SMILES string of the molecule is CC/C=C\C/C=C\C/C=C\C/C=C\C/C=C\CCCCCCCCCCCCCC(=O)OCC(COC(=O)CCCCCCCCCCCCCCCCCC)OC(=O)CCCCCCCCC/C=C\C/C=C\C/C=C\CC. The summed E-state index contributed by atoms with van der Waals surface area (Å²) in [6.45, 7) is 6.45.